The summed E-state index contributed by atoms with van der Waals surface area (Å²) in [7, 11) is 0. The molecule has 0 fully saturated rings. The zero-order valence-corrected chi connectivity index (χ0v) is 14.2. The summed E-state index contributed by atoms with van der Waals surface area (Å²) in [5.41, 5.74) is 0.514. The van der Waals surface area contributed by atoms with Gasteiger partial charge < -0.3 is 20.1 Å². The van der Waals surface area contributed by atoms with E-state index >= 15 is 0 Å². The quantitative estimate of drug-likeness (QED) is 0.596. The van der Waals surface area contributed by atoms with Crippen LogP contribution < -0.4 is 20.1 Å². The number of carbonyl (C=O) groups excluding carboxylic acids is 2. The molecule has 0 saturated heterocycles. The molecule has 8 nitrogen and oxygen atoms in total. The number of anilines is 1. The largest absolute Gasteiger partial charge is 0.454 e. The first-order valence-electron chi connectivity index (χ1n) is 7.26. The predicted molar refractivity (Wildman–Crippen MR) is 89.9 cm³/mol. The van der Waals surface area contributed by atoms with Crippen molar-refractivity contribution in [3.63, 3.8) is 0 Å². The first-order valence-corrected chi connectivity index (χ1v) is 8.65. The van der Waals surface area contributed by atoms with Crippen LogP contribution in [0.25, 0.3) is 0 Å². The highest BCUT2D eigenvalue weighted by Crippen LogP contribution is 2.34. The SMILES string of the molecule is CCN(C#N)C(=O)C(CSC)NC(=O)Nc1ccc2c(c1)OCO2. The molecule has 2 rings (SSSR count). The minimum atomic E-state index is -0.784. The Balaban J connectivity index is 2.00. The summed E-state index contributed by atoms with van der Waals surface area (Å²) in [4.78, 5) is 25.4. The molecule has 1 aliphatic heterocycles. The third kappa shape index (κ3) is 4.23. The maximum Gasteiger partial charge on any atom is 0.319 e. The molecule has 128 valence electrons. The van der Waals surface area contributed by atoms with Crippen LogP contribution in [-0.4, -0.2) is 48.2 Å². The number of likely N-dealkylation sites (N-methyl/N-ethyl adjacent to an activating group) is 1. The fraction of sp³-hybridized carbons (Fsp3) is 0.400. The van der Waals surface area contributed by atoms with E-state index in [1.54, 1.807) is 25.1 Å². The molecule has 24 heavy (non-hydrogen) atoms. The minimum absolute atomic E-state index is 0.149. The van der Waals surface area contributed by atoms with Crippen LogP contribution in [0.2, 0.25) is 0 Å². The molecule has 9 heteroatoms. The molecule has 1 heterocycles. The van der Waals surface area contributed by atoms with Gasteiger partial charge in [-0.3, -0.25) is 4.79 Å². The fourth-order valence-corrected chi connectivity index (χ4v) is 2.66. The lowest BCUT2D eigenvalue weighted by atomic mass is 10.2. The number of fused-ring (bicyclic) bond motifs is 1. The van der Waals surface area contributed by atoms with Crippen LogP contribution in [0.15, 0.2) is 18.2 Å². The Bertz CT molecular complexity index is 661. The van der Waals surface area contributed by atoms with Crippen LogP contribution in [0.4, 0.5) is 10.5 Å². The van der Waals surface area contributed by atoms with E-state index in [4.69, 9.17) is 14.7 Å². The fourth-order valence-electron chi connectivity index (χ4n) is 2.11. The van der Waals surface area contributed by atoms with E-state index in [-0.39, 0.29) is 13.3 Å². The molecule has 1 unspecified atom stereocenters. The Morgan fingerprint density at radius 3 is 2.83 bits per heavy atom. The molecular weight excluding hydrogens is 332 g/mol. The maximum absolute atomic E-state index is 12.2. The summed E-state index contributed by atoms with van der Waals surface area (Å²) in [5.74, 6) is 1.09. The normalized spacial score (nSPS) is 12.9. The molecule has 2 N–H and O–H groups in total. The number of rotatable bonds is 6. The first kappa shape index (κ1) is 17.7. The number of nitrogens with zero attached hydrogens (tertiary/aromatic N) is 2. The zero-order valence-electron chi connectivity index (χ0n) is 13.4. The molecule has 0 saturated carbocycles. The molecule has 0 aliphatic carbocycles. The number of urea groups is 1. The van der Waals surface area contributed by atoms with Crippen molar-refractivity contribution >= 4 is 29.4 Å². The van der Waals surface area contributed by atoms with Crippen LogP contribution >= 0.6 is 11.8 Å². The van der Waals surface area contributed by atoms with Crippen LogP contribution in [0.1, 0.15) is 6.92 Å². The number of ether oxygens (including phenoxy) is 2. The lowest BCUT2D eigenvalue weighted by Gasteiger charge is -2.21. The van der Waals surface area contributed by atoms with Crippen molar-refractivity contribution in [3.05, 3.63) is 18.2 Å². The van der Waals surface area contributed by atoms with E-state index in [1.165, 1.54) is 11.8 Å². The summed E-state index contributed by atoms with van der Waals surface area (Å²) in [6.45, 7) is 2.10. The number of hydrogen-bond donors (Lipinski definition) is 2. The molecule has 3 amide bonds. The van der Waals surface area contributed by atoms with Crippen molar-refractivity contribution < 1.29 is 19.1 Å². The van der Waals surface area contributed by atoms with Gasteiger partial charge in [-0.2, -0.15) is 17.0 Å². The first-order chi connectivity index (χ1) is 11.6. The number of thioether (sulfide) groups is 1. The topological polar surface area (TPSA) is 104 Å². The van der Waals surface area contributed by atoms with Crippen LogP contribution in [0.5, 0.6) is 11.5 Å². The third-order valence-corrected chi connectivity index (χ3v) is 3.94. The molecule has 0 aromatic heterocycles. The summed E-state index contributed by atoms with van der Waals surface area (Å²) in [5, 5.41) is 14.2. The lowest BCUT2D eigenvalue weighted by molar-refractivity contribution is -0.129. The second-order valence-electron chi connectivity index (χ2n) is 4.86. The van der Waals surface area contributed by atoms with E-state index in [0.717, 1.165) is 4.90 Å². The van der Waals surface area contributed by atoms with Crippen LogP contribution in [0, 0.1) is 11.5 Å². The van der Waals surface area contributed by atoms with Gasteiger partial charge in [0.1, 0.15) is 6.04 Å². The maximum atomic E-state index is 12.2. The summed E-state index contributed by atoms with van der Waals surface area (Å²) < 4.78 is 10.4. The Labute approximate surface area is 144 Å². The lowest BCUT2D eigenvalue weighted by Crippen LogP contribution is -2.49. The van der Waals surface area contributed by atoms with E-state index in [0.29, 0.717) is 22.9 Å². The number of carbonyl (C=O) groups is 2. The molecular formula is C15H18N4O4S. The zero-order chi connectivity index (χ0) is 17.5. The highest BCUT2D eigenvalue weighted by atomic mass is 32.2. The van der Waals surface area contributed by atoms with Gasteiger partial charge in [0.15, 0.2) is 17.7 Å². The van der Waals surface area contributed by atoms with Crippen LogP contribution in [-0.2, 0) is 4.79 Å². The number of hydrogen-bond acceptors (Lipinski definition) is 6. The van der Waals surface area contributed by atoms with Crippen molar-refractivity contribution in [3.8, 4) is 17.7 Å². The molecule has 1 aliphatic rings. The minimum Gasteiger partial charge on any atom is -0.454 e. The summed E-state index contributed by atoms with van der Waals surface area (Å²) in [6.07, 6.45) is 3.63. The van der Waals surface area contributed by atoms with E-state index in [9.17, 15) is 9.59 Å². The molecule has 0 bridgehead atoms. The van der Waals surface area contributed by atoms with Gasteiger partial charge in [-0.1, -0.05) is 0 Å². The van der Waals surface area contributed by atoms with Gasteiger partial charge in [0.2, 0.25) is 6.79 Å². The van der Waals surface area contributed by atoms with Crippen molar-refractivity contribution in [1.82, 2.24) is 10.2 Å². The Hall–Kier alpha value is -2.60. The number of nitriles is 1. The van der Waals surface area contributed by atoms with Crippen molar-refractivity contribution in [2.45, 2.75) is 13.0 Å². The van der Waals surface area contributed by atoms with Crippen molar-refractivity contribution in [2.24, 2.45) is 0 Å². The van der Waals surface area contributed by atoms with E-state index < -0.39 is 18.0 Å². The standard InChI is InChI=1S/C15H18N4O4S/c1-3-19(8-16)14(20)11(7-24-2)18-15(21)17-10-4-5-12-13(6-10)23-9-22-12/h4-6,11H,3,7,9H2,1-2H3,(H2,17,18,21). The highest BCUT2D eigenvalue weighted by Gasteiger charge is 2.25. The monoisotopic (exact) mass is 350 g/mol. The van der Waals surface area contributed by atoms with E-state index in [2.05, 4.69) is 10.6 Å². The van der Waals surface area contributed by atoms with Crippen molar-refractivity contribution in [2.75, 3.05) is 30.7 Å². The van der Waals surface area contributed by atoms with Gasteiger partial charge in [0, 0.05) is 24.1 Å². The summed E-state index contributed by atoms with van der Waals surface area (Å²) in [6, 6.07) is 3.69. The summed E-state index contributed by atoms with van der Waals surface area (Å²) >= 11 is 1.41. The highest BCUT2D eigenvalue weighted by molar-refractivity contribution is 7.98. The Kier molecular flexibility index (Phi) is 6.14. The molecule has 1 aromatic carbocycles. The van der Waals surface area contributed by atoms with E-state index in [1.807, 2.05) is 12.4 Å². The van der Waals surface area contributed by atoms with Gasteiger partial charge >= 0.3 is 6.03 Å². The average Bonchev–Trinajstić information content (AvgIpc) is 3.03. The molecule has 1 aromatic rings. The average molecular weight is 350 g/mol. The van der Waals surface area contributed by atoms with Crippen molar-refractivity contribution in [1.29, 1.82) is 5.26 Å². The molecule has 1 atom stereocenters. The third-order valence-electron chi connectivity index (χ3n) is 3.27. The van der Waals surface area contributed by atoms with Gasteiger partial charge in [0.05, 0.1) is 0 Å². The Morgan fingerprint density at radius 1 is 1.42 bits per heavy atom. The number of benzene rings is 1. The molecule has 0 spiro atoms. The van der Waals surface area contributed by atoms with Gasteiger partial charge in [-0.25, -0.2) is 9.69 Å². The smallest absolute Gasteiger partial charge is 0.319 e. The molecule has 0 radical (unpaired) electrons. The van der Waals surface area contributed by atoms with Gasteiger partial charge in [0.25, 0.3) is 5.91 Å². The second kappa shape index (κ2) is 8.31. The predicted octanol–water partition coefficient (Wildman–Crippen LogP) is 1.60. The number of amides is 3. The number of nitrogens with one attached hydrogen (secondary N) is 2. The van der Waals surface area contributed by atoms with Gasteiger partial charge in [-0.05, 0) is 25.3 Å². The Morgan fingerprint density at radius 2 is 2.17 bits per heavy atom. The van der Waals surface area contributed by atoms with Crippen LogP contribution in [0.3, 0.4) is 0 Å². The second-order valence-corrected chi connectivity index (χ2v) is 5.77. The van der Waals surface area contributed by atoms with Gasteiger partial charge in [-0.15, -0.1) is 0 Å².